The quantitative estimate of drug-likeness (QED) is 0.813. The van der Waals surface area contributed by atoms with Gasteiger partial charge in [0.25, 0.3) is 0 Å². The third kappa shape index (κ3) is 2.53. The number of hydrogen-bond acceptors (Lipinski definition) is 3. The number of aryl methyl sites for hydroxylation is 1. The van der Waals surface area contributed by atoms with Gasteiger partial charge in [-0.3, -0.25) is 4.90 Å². The topological polar surface area (TPSA) is 26.0 Å². The van der Waals surface area contributed by atoms with Crippen molar-refractivity contribution in [3.8, 4) is 0 Å². The zero-order valence-corrected chi connectivity index (χ0v) is 12.2. The van der Waals surface area contributed by atoms with Gasteiger partial charge in [-0.25, -0.2) is 9.07 Å². The van der Waals surface area contributed by atoms with E-state index in [1.54, 1.807) is 17.1 Å². The largest absolute Gasteiger partial charge is 0.310 e. The van der Waals surface area contributed by atoms with Crippen molar-refractivity contribution in [3.63, 3.8) is 0 Å². The molecule has 3 rings (SSSR count). The highest BCUT2D eigenvalue weighted by Crippen LogP contribution is 2.29. The summed E-state index contributed by atoms with van der Waals surface area (Å²) < 4.78 is 18.1. The average molecular weight is 292 g/mol. The van der Waals surface area contributed by atoms with Crippen LogP contribution in [-0.4, -0.2) is 32.3 Å². The van der Waals surface area contributed by atoms with E-state index in [0.29, 0.717) is 11.4 Å². The van der Waals surface area contributed by atoms with Crippen LogP contribution in [0.5, 0.6) is 0 Å². The monoisotopic (exact) mass is 292 g/mol. The molecule has 6 heteroatoms. The number of benzene rings is 1. The highest BCUT2D eigenvalue weighted by Gasteiger charge is 2.26. The van der Waals surface area contributed by atoms with Crippen LogP contribution >= 0.6 is 12.2 Å². The first-order chi connectivity index (χ1) is 9.65. The van der Waals surface area contributed by atoms with Crippen molar-refractivity contribution < 1.29 is 4.39 Å². The molecule has 20 heavy (non-hydrogen) atoms. The summed E-state index contributed by atoms with van der Waals surface area (Å²) in [6, 6.07) is 7.05. The molecule has 1 aliphatic rings. The molecule has 1 atom stereocenters. The average Bonchev–Trinajstić information content (AvgIpc) is 3.02. The fourth-order valence-corrected chi connectivity index (χ4v) is 2.88. The maximum absolute atomic E-state index is 13.8. The number of likely N-dealkylation sites (tertiary alicyclic amines) is 1. The molecule has 0 bridgehead atoms. The van der Waals surface area contributed by atoms with Gasteiger partial charge in [-0.15, -0.1) is 0 Å². The van der Waals surface area contributed by atoms with Crippen LogP contribution in [0.15, 0.2) is 30.6 Å². The van der Waals surface area contributed by atoms with Gasteiger partial charge in [0.2, 0.25) is 0 Å². The second kappa shape index (κ2) is 5.46. The van der Waals surface area contributed by atoms with Crippen molar-refractivity contribution >= 4 is 12.2 Å². The summed E-state index contributed by atoms with van der Waals surface area (Å²) in [6.07, 6.45) is 2.69. The lowest BCUT2D eigenvalue weighted by molar-refractivity contribution is 0.249. The van der Waals surface area contributed by atoms with E-state index < -0.39 is 0 Å². The SMILES string of the molecule is Cn1cnn(CN2CC[C@H](c3ccccc3F)C2)c1=S. The van der Waals surface area contributed by atoms with Gasteiger partial charge in [-0.05, 0) is 30.3 Å². The Labute approximate surface area is 122 Å². The van der Waals surface area contributed by atoms with Crippen LogP contribution in [0.4, 0.5) is 4.39 Å². The van der Waals surface area contributed by atoms with Gasteiger partial charge in [0, 0.05) is 26.1 Å². The molecule has 1 aliphatic heterocycles. The lowest BCUT2D eigenvalue weighted by Gasteiger charge is -2.16. The summed E-state index contributed by atoms with van der Waals surface area (Å²) in [5, 5.41) is 4.25. The molecule has 1 aromatic heterocycles. The van der Waals surface area contributed by atoms with E-state index in [2.05, 4.69) is 10.00 Å². The van der Waals surface area contributed by atoms with E-state index in [0.717, 1.165) is 25.1 Å². The predicted octanol–water partition coefficient (Wildman–Crippen LogP) is 2.54. The molecule has 0 amide bonds. The lowest BCUT2D eigenvalue weighted by Crippen LogP contribution is -2.24. The Morgan fingerprint density at radius 3 is 2.90 bits per heavy atom. The minimum atomic E-state index is -0.103. The fraction of sp³-hybridized carbons (Fsp3) is 0.429. The third-order valence-electron chi connectivity index (χ3n) is 3.84. The van der Waals surface area contributed by atoms with Crippen molar-refractivity contribution in [2.24, 2.45) is 7.05 Å². The maximum atomic E-state index is 13.8. The summed E-state index contributed by atoms with van der Waals surface area (Å²) in [6.45, 7) is 2.46. The number of nitrogens with zero attached hydrogens (tertiary/aromatic N) is 4. The molecule has 1 fully saturated rings. The molecule has 106 valence electrons. The Balaban J connectivity index is 1.70. The van der Waals surface area contributed by atoms with E-state index in [1.807, 2.05) is 23.7 Å². The molecule has 0 saturated carbocycles. The van der Waals surface area contributed by atoms with Gasteiger partial charge in [0.1, 0.15) is 12.1 Å². The number of halogens is 1. The molecule has 0 spiro atoms. The standard InChI is InChI=1S/C14H17FN4S/c1-17-9-16-19(14(17)20)10-18-7-6-11(8-18)12-4-2-3-5-13(12)15/h2-5,9,11H,6-8,10H2,1H3/t11-/m0/s1. The Kier molecular flexibility index (Phi) is 3.67. The van der Waals surface area contributed by atoms with Gasteiger partial charge >= 0.3 is 0 Å². The molecular weight excluding hydrogens is 275 g/mol. The summed E-state index contributed by atoms with van der Waals surface area (Å²) in [5.41, 5.74) is 0.819. The van der Waals surface area contributed by atoms with Crippen molar-refractivity contribution in [2.45, 2.75) is 19.0 Å². The smallest absolute Gasteiger partial charge is 0.198 e. The molecule has 1 aromatic carbocycles. The number of aromatic nitrogens is 3. The molecule has 0 aliphatic carbocycles. The Morgan fingerprint density at radius 1 is 1.40 bits per heavy atom. The fourth-order valence-electron chi connectivity index (χ4n) is 2.73. The Morgan fingerprint density at radius 2 is 2.20 bits per heavy atom. The summed E-state index contributed by atoms with van der Waals surface area (Å²) in [7, 11) is 1.89. The highest BCUT2D eigenvalue weighted by molar-refractivity contribution is 7.71. The van der Waals surface area contributed by atoms with Crippen LogP contribution in [0.1, 0.15) is 17.9 Å². The highest BCUT2D eigenvalue weighted by atomic mass is 32.1. The van der Waals surface area contributed by atoms with Gasteiger partial charge in [0.15, 0.2) is 4.77 Å². The number of hydrogen-bond donors (Lipinski definition) is 0. The predicted molar refractivity (Wildman–Crippen MR) is 77.4 cm³/mol. The van der Waals surface area contributed by atoms with Crippen LogP contribution < -0.4 is 0 Å². The molecule has 0 unspecified atom stereocenters. The summed E-state index contributed by atoms with van der Waals surface area (Å²) in [4.78, 5) is 2.26. The van der Waals surface area contributed by atoms with Crippen molar-refractivity contribution in [3.05, 3.63) is 46.7 Å². The summed E-state index contributed by atoms with van der Waals surface area (Å²) >= 11 is 5.28. The van der Waals surface area contributed by atoms with Crippen LogP contribution in [0, 0.1) is 10.6 Å². The van der Waals surface area contributed by atoms with Crippen LogP contribution in [0.3, 0.4) is 0 Å². The van der Waals surface area contributed by atoms with Gasteiger partial charge < -0.3 is 4.57 Å². The van der Waals surface area contributed by atoms with Gasteiger partial charge in [-0.1, -0.05) is 18.2 Å². The first-order valence-corrected chi connectivity index (χ1v) is 7.11. The number of rotatable bonds is 3. The first kappa shape index (κ1) is 13.5. The molecule has 0 radical (unpaired) electrons. The molecule has 2 aromatic rings. The van der Waals surface area contributed by atoms with E-state index in [4.69, 9.17) is 12.2 Å². The Hall–Kier alpha value is -1.53. The van der Waals surface area contributed by atoms with Crippen LogP contribution in [0.25, 0.3) is 0 Å². The summed E-state index contributed by atoms with van der Waals surface area (Å²) in [5.74, 6) is 0.155. The maximum Gasteiger partial charge on any atom is 0.198 e. The second-order valence-corrected chi connectivity index (χ2v) is 5.61. The molecular formula is C14H17FN4S. The van der Waals surface area contributed by atoms with E-state index >= 15 is 0 Å². The van der Waals surface area contributed by atoms with Crippen molar-refractivity contribution in [1.29, 1.82) is 0 Å². The van der Waals surface area contributed by atoms with Gasteiger partial charge in [-0.2, -0.15) is 5.10 Å². The van der Waals surface area contributed by atoms with Crippen LogP contribution in [-0.2, 0) is 13.7 Å². The zero-order valence-electron chi connectivity index (χ0n) is 11.4. The minimum Gasteiger partial charge on any atom is -0.310 e. The van der Waals surface area contributed by atoms with Crippen molar-refractivity contribution in [1.82, 2.24) is 19.2 Å². The zero-order chi connectivity index (χ0) is 14.1. The second-order valence-electron chi connectivity index (χ2n) is 5.25. The van der Waals surface area contributed by atoms with E-state index in [-0.39, 0.29) is 11.7 Å². The molecule has 0 N–H and O–H groups in total. The molecule has 2 heterocycles. The van der Waals surface area contributed by atoms with E-state index in [9.17, 15) is 4.39 Å². The normalized spacial score (nSPS) is 19.6. The third-order valence-corrected chi connectivity index (χ3v) is 4.34. The van der Waals surface area contributed by atoms with Crippen molar-refractivity contribution in [2.75, 3.05) is 13.1 Å². The molecule has 4 nitrogen and oxygen atoms in total. The minimum absolute atomic E-state index is 0.103. The van der Waals surface area contributed by atoms with Gasteiger partial charge in [0.05, 0.1) is 6.67 Å². The lowest BCUT2D eigenvalue weighted by atomic mass is 9.98. The Bertz CT molecular complexity index is 663. The van der Waals surface area contributed by atoms with E-state index in [1.165, 1.54) is 6.07 Å². The molecule has 1 saturated heterocycles. The first-order valence-electron chi connectivity index (χ1n) is 6.70. The van der Waals surface area contributed by atoms with Crippen LogP contribution in [0.2, 0.25) is 0 Å².